The van der Waals surface area contributed by atoms with Gasteiger partial charge >= 0.3 is 0 Å². The van der Waals surface area contributed by atoms with Gasteiger partial charge in [0, 0.05) is 20.2 Å². The average molecular weight is 453 g/mol. The molecular weight excluding hydrogens is 440 g/mol. The highest BCUT2D eigenvalue weighted by Crippen LogP contribution is 2.27. The van der Waals surface area contributed by atoms with Crippen molar-refractivity contribution in [3.63, 3.8) is 0 Å². The van der Waals surface area contributed by atoms with Crippen LogP contribution in [0.2, 0.25) is 5.02 Å². The van der Waals surface area contributed by atoms with Gasteiger partial charge in [0.15, 0.2) is 0 Å². The van der Waals surface area contributed by atoms with E-state index in [-0.39, 0.29) is 0 Å². The van der Waals surface area contributed by atoms with Gasteiger partial charge in [0.25, 0.3) is 0 Å². The molecule has 0 heterocycles. The summed E-state index contributed by atoms with van der Waals surface area (Å²) in [5.74, 6) is 0.859. The quantitative estimate of drug-likeness (QED) is 0.634. The van der Waals surface area contributed by atoms with E-state index < -0.39 is 0 Å². The molecule has 0 saturated heterocycles. The summed E-state index contributed by atoms with van der Waals surface area (Å²) in [7, 11) is 1.67. The van der Waals surface area contributed by atoms with Crippen LogP contribution >= 0.6 is 50.1 Å². The number of anilines is 1. The monoisotopic (exact) mass is 451 g/mol. The topological polar surface area (TPSA) is 21.3 Å². The molecule has 1 N–H and O–H groups in total. The number of benzene rings is 2. The molecule has 19 heavy (non-hydrogen) atoms. The molecule has 0 amide bonds. The van der Waals surface area contributed by atoms with E-state index in [1.54, 1.807) is 7.11 Å². The zero-order chi connectivity index (χ0) is 13.8. The first-order valence-electron chi connectivity index (χ1n) is 5.61. The maximum atomic E-state index is 6.19. The van der Waals surface area contributed by atoms with E-state index >= 15 is 0 Å². The van der Waals surface area contributed by atoms with E-state index in [9.17, 15) is 0 Å². The highest BCUT2D eigenvalue weighted by atomic mass is 127. The Morgan fingerprint density at radius 1 is 1.26 bits per heavy atom. The van der Waals surface area contributed by atoms with E-state index in [1.165, 1.54) is 0 Å². The van der Waals surface area contributed by atoms with Crippen LogP contribution in [0.5, 0.6) is 5.75 Å². The molecule has 0 unspecified atom stereocenters. The highest BCUT2D eigenvalue weighted by Gasteiger charge is 2.05. The van der Waals surface area contributed by atoms with Crippen molar-refractivity contribution >= 4 is 55.8 Å². The van der Waals surface area contributed by atoms with Gasteiger partial charge in [-0.05, 0) is 59.0 Å². The van der Waals surface area contributed by atoms with Crippen molar-refractivity contribution in [3.05, 3.63) is 55.0 Å². The Kier molecular flexibility index (Phi) is 5.36. The minimum absolute atomic E-state index is 0.656. The van der Waals surface area contributed by atoms with Crippen LogP contribution in [0, 0.1) is 3.57 Å². The lowest BCUT2D eigenvalue weighted by atomic mass is 10.2. The Balaban J connectivity index is 2.16. The smallest absolute Gasteiger partial charge is 0.123 e. The molecule has 0 saturated carbocycles. The largest absolute Gasteiger partial charge is 0.496 e. The maximum absolute atomic E-state index is 6.19. The van der Waals surface area contributed by atoms with Crippen molar-refractivity contribution in [1.29, 1.82) is 0 Å². The minimum Gasteiger partial charge on any atom is -0.496 e. The third kappa shape index (κ3) is 4.00. The normalized spacial score (nSPS) is 10.3. The fraction of sp³-hybridized carbons (Fsp3) is 0.143. The number of methoxy groups -OCH3 is 1. The summed E-state index contributed by atoms with van der Waals surface area (Å²) in [6, 6.07) is 11.9. The lowest BCUT2D eigenvalue weighted by Gasteiger charge is -2.12. The molecule has 0 aliphatic heterocycles. The van der Waals surface area contributed by atoms with Gasteiger partial charge in [0.05, 0.1) is 17.8 Å². The molecule has 0 aliphatic carbocycles. The predicted octanol–water partition coefficient (Wildman–Crippen LogP) is 5.33. The summed E-state index contributed by atoms with van der Waals surface area (Å²) in [4.78, 5) is 0. The molecule has 2 rings (SSSR count). The van der Waals surface area contributed by atoms with Gasteiger partial charge in [-0.1, -0.05) is 27.5 Å². The first-order chi connectivity index (χ1) is 9.10. The van der Waals surface area contributed by atoms with Crippen LogP contribution in [0.1, 0.15) is 5.56 Å². The summed E-state index contributed by atoms with van der Waals surface area (Å²) in [6.45, 7) is 0.656. The lowest BCUT2D eigenvalue weighted by molar-refractivity contribution is 0.410. The molecule has 2 aromatic carbocycles. The van der Waals surface area contributed by atoms with E-state index in [0.29, 0.717) is 6.54 Å². The van der Waals surface area contributed by atoms with Gasteiger partial charge in [0.1, 0.15) is 5.75 Å². The molecule has 0 radical (unpaired) electrons. The molecule has 2 nitrogen and oxygen atoms in total. The van der Waals surface area contributed by atoms with Crippen LogP contribution in [0.25, 0.3) is 0 Å². The number of ether oxygens (including phenoxy) is 1. The van der Waals surface area contributed by atoms with Crippen molar-refractivity contribution in [2.24, 2.45) is 0 Å². The number of hydrogen-bond acceptors (Lipinski definition) is 2. The van der Waals surface area contributed by atoms with Crippen LogP contribution in [-0.4, -0.2) is 7.11 Å². The van der Waals surface area contributed by atoms with E-state index in [2.05, 4.69) is 43.8 Å². The number of halogens is 3. The number of nitrogens with one attached hydrogen (secondary N) is 1. The van der Waals surface area contributed by atoms with Crippen LogP contribution in [-0.2, 0) is 6.54 Å². The molecule has 0 bridgehead atoms. The summed E-state index contributed by atoms with van der Waals surface area (Å²) in [5.41, 5.74) is 2.00. The zero-order valence-electron chi connectivity index (χ0n) is 10.2. The third-order valence-corrected chi connectivity index (χ3v) is 4.12. The Morgan fingerprint density at radius 3 is 2.74 bits per heavy atom. The Bertz CT molecular complexity index is 592. The predicted molar refractivity (Wildman–Crippen MR) is 92.2 cm³/mol. The maximum Gasteiger partial charge on any atom is 0.123 e. The first-order valence-corrected chi connectivity index (χ1v) is 7.86. The fourth-order valence-corrected chi connectivity index (χ4v) is 3.04. The van der Waals surface area contributed by atoms with Crippen molar-refractivity contribution < 1.29 is 4.74 Å². The van der Waals surface area contributed by atoms with Gasteiger partial charge in [-0.3, -0.25) is 0 Å². The van der Waals surface area contributed by atoms with Crippen LogP contribution in [0.15, 0.2) is 40.9 Å². The SMILES string of the molecule is COc1ccc(Br)cc1CNc1ccc(I)cc1Cl. The molecule has 0 atom stereocenters. The van der Waals surface area contributed by atoms with Crippen molar-refractivity contribution in [3.8, 4) is 5.75 Å². The molecule has 0 spiro atoms. The Hall–Kier alpha value is -0.460. The molecular formula is C14H12BrClINO. The third-order valence-electron chi connectivity index (χ3n) is 2.64. The second-order valence-electron chi connectivity index (χ2n) is 3.93. The molecule has 0 fully saturated rings. The summed E-state index contributed by atoms with van der Waals surface area (Å²) in [5, 5.41) is 4.05. The van der Waals surface area contributed by atoms with Gasteiger partial charge in [0.2, 0.25) is 0 Å². The van der Waals surface area contributed by atoms with Gasteiger partial charge < -0.3 is 10.1 Å². The highest BCUT2D eigenvalue weighted by molar-refractivity contribution is 14.1. The zero-order valence-corrected chi connectivity index (χ0v) is 14.7. The van der Waals surface area contributed by atoms with Gasteiger partial charge in [-0.15, -0.1) is 0 Å². The lowest BCUT2D eigenvalue weighted by Crippen LogP contribution is -2.02. The fourth-order valence-electron chi connectivity index (χ4n) is 1.71. The second-order valence-corrected chi connectivity index (χ2v) is 6.50. The van der Waals surface area contributed by atoms with Crippen molar-refractivity contribution in [2.75, 3.05) is 12.4 Å². The molecule has 0 aromatic heterocycles. The Labute approximate surface area is 139 Å². The Morgan fingerprint density at radius 2 is 2.05 bits per heavy atom. The van der Waals surface area contributed by atoms with Crippen molar-refractivity contribution in [2.45, 2.75) is 6.54 Å². The van der Waals surface area contributed by atoms with Gasteiger partial charge in [-0.2, -0.15) is 0 Å². The van der Waals surface area contributed by atoms with Crippen LogP contribution in [0.4, 0.5) is 5.69 Å². The van der Waals surface area contributed by atoms with Crippen molar-refractivity contribution in [1.82, 2.24) is 0 Å². The second kappa shape index (κ2) is 6.81. The molecule has 100 valence electrons. The van der Waals surface area contributed by atoms with E-state index in [4.69, 9.17) is 16.3 Å². The van der Waals surface area contributed by atoms with E-state index in [1.807, 2.05) is 36.4 Å². The van der Waals surface area contributed by atoms with Gasteiger partial charge in [-0.25, -0.2) is 0 Å². The molecule has 2 aromatic rings. The van der Waals surface area contributed by atoms with Crippen LogP contribution in [0.3, 0.4) is 0 Å². The standard InChI is InChI=1S/C14H12BrClINO/c1-19-14-5-2-10(15)6-9(14)8-18-13-4-3-11(17)7-12(13)16/h2-7,18H,8H2,1H3. The number of hydrogen-bond donors (Lipinski definition) is 1. The molecule has 0 aliphatic rings. The average Bonchev–Trinajstić information content (AvgIpc) is 2.38. The number of rotatable bonds is 4. The summed E-state index contributed by atoms with van der Waals surface area (Å²) >= 11 is 11.9. The summed E-state index contributed by atoms with van der Waals surface area (Å²) in [6.07, 6.45) is 0. The van der Waals surface area contributed by atoms with E-state index in [0.717, 1.165) is 30.1 Å². The van der Waals surface area contributed by atoms with Crippen LogP contribution < -0.4 is 10.1 Å². The molecule has 5 heteroatoms. The summed E-state index contributed by atoms with van der Waals surface area (Å²) < 4.78 is 7.49. The minimum atomic E-state index is 0.656. The first kappa shape index (κ1) is 14.9.